The first-order valence-corrected chi connectivity index (χ1v) is 5.08. The van der Waals surface area contributed by atoms with Gasteiger partial charge in [0, 0.05) is 27.7 Å². The molecule has 0 radical (unpaired) electrons. The van der Waals surface area contributed by atoms with Gasteiger partial charge in [0.15, 0.2) is 0 Å². The molecule has 0 bridgehead atoms. The molecule has 0 saturated heterocycles. The number of hydrogen-bond donors (Lipinski definition) is 1. The molecule has 5 heteroatoms. The summed E-state index contributed by atoms with van der Waals surface area (Å²) in [5, 5.41) is 2.90. The minimum absolute atomic E-state index is 0.103. The lowest BCUT2D eigenvalue weighted by atomic mass is 10.3. The van der Waals surface area contributed by atoms with Crippen molar-refractivity contribution in [3.63, 3.8) is 0 Å². The van der Waals surface area contributed by atoms with E-state index in [0.717, 1.165) is 0 Å². The molecule has 1 heterocycles. The van der Waals surface area contributed by atoms with Gasteiger partial charge in [0.2, 0.25) is 0 Å². The van der Waals surface area contributed by atoms with Crippen LogP contribution in [0.4, 0.5) is 5.82 Å². The molecule has 0 aromatic carbocycles. The van der Waals surface area contributed by atoms with Crippen molar-refractivity contribution in [1.29, 1.82) is 0 Å². The second kappa shape index (κ2) is 6.07. The molecule has 0 aliphatic heterocycles. The van der Waals surface area contributed by atoms with Crippen LogP contribution in [0.3, 0.4) is 0 Å². The van der Waals surface area contributed by atoms with E-state index in [0.29, 0.717) is 24.7 Å². The van der Waals surface area contributed by atoms with Crippen LogP contribution in [-0.2, 0) is 4.74 Å². The van der Waals surface area contributed by atoms with Crippen molar-refractivity contribution >= 4 is 11.7 Å². The number of rotatable bonds is 5. The molecule has 88 valence electrons. The Hall–Kier alpha value is -1.62. The zero-order valence-corrected chi connectivity index (χ0v) is 9.86. The van der Waals surface area contributed by atoms with Crippen LogP contribution in [0.1, 0.15) is 10.5 Å². The van der Waals surface area contributed by atoms with Gasteiger partial charge in [0.1, 0.15) is 11.5 Å². The quantitative estimate of drug-likeness (QED) is 0.803. The Morgan fingerprint density at radius 1 is 1.56 bits per heavy atom. The van der Waals surface area contributed by atoms with E-state index in [9.17, 15) is 4.79 Å². The minimum Gasteiger partial charge on any atom is -0.383 e. The van der Waals surface area contributed by atoms with Crippen molar-refractivity contribution in [2.24, 2.45) is 0 Å². The van der Waals surface area contributed by atoms with Gasteiger partial charge >= 0.3 is 0 Å². The Kier molecular flexibility index (Phi) is 4.72. The number of carbonyl (C=O) groups excluding carboxylic acids is 1. The van der Waals surface area contributed by atoms with E-state index in [4.69, 9.17) is 4.74 Å². The first-order valence-electron chi connectivity index (χ1n) is 5.08. The zero-order chi connectivity index (χ0) is 12.0. The minimum atomic E-state index is -0.103. The summed E-state index contributed by atoms with van der Waals surface area (Å²) >= 11 is 0. The van der Waals surface area contributed by atoms with E-state index in [1.165, 1.54) is 0 Å². The molecule has 0 unspecified atom stereocenters. The molecule has 0 saturated carbocycles. The largest absolute Gasteiger partial charge is 0.383 e. The van der Waals surface area contributed by atoms with Gasteiger partial charge in [-0.05, 0) is 12.1 Å². The number of amides is 1. The molecule has 1 N–H and O–H groups in total. The van der Waals surface area contributed by atoms with Crippen LogP contribution in [-0.4, -0.2) is 50.1 Å². The maximum absolute atomic E-state index is 11.9. The number of carbonyl (C=O) groups is 1. The number of hydrogen-bond acceptors (Lipinski definition) is 4. The van der Waals surface area contributed by atoms with E-state index in [-0.39, 0.29) is 5.91 Å². The van der Waals surface area contributed by atoms with E-state index in [2.05, 4.69) is 10.3 Å². The highest BCUT2D eigenvalue weighted by atomic mass is 16.5. The summed E-state index contributed by atoms with van der Waals surface area (Å²) in [6.45, 7) is 1.08. The average molecular weight is 223 g/mol. The van der Waals surface area contributed by atoms with Crippen molar-refractivity contribution < 1.29 is 9.53 Å². The standard InChI is InChI=1S/C11H17N3O2/c1-12-10-6-4-5-9(13-10)11(15)14(2)7-8-16-3/h4-6H,7-8H2,1-3H3,(H,12,13). The lowest BCUT2D eigenvalue weighted by Crippen LogP contribution is -2.30. The first kappa shape index (κ1) is 12.4. The molecule has 1 rings (SSSR count). The summed E-state index contributed by atoms with van der Waals surface area (Å²) in [6, 6.07) is 5.31. The summed E-state index contributed by atoms with van der Waals surface area (Å²) in [5.74, 6) is 0.583. The van der Waals surface area contributed by atoms with E-state index >= 15 is 0 Å². The smallest absolute Gasteiger partial charge is 0.272 e. The third-order valence-corrected chi connectivity index (χ3v) is 2.20. The van der Waals surface area contributed by atoms with Crippen molar-refractivity contribution in [1.82, 2.24) is 9.88 Å². The molecule has 16 heavy (non-hydrogen) atoms. The molecule has 1 amide bonds. The van der Waals surface area contributed by atoms with Crippen LogP contribution in [0.5, 0.6) is 0 Å². The van der Waals surface area contributed by atoms with Crippen molar-refractivity contribution in [3.8, 4) is 0 Å². The highest BCUT2D eigenvalue weighted by Gasteiger charge is 2.12. The predicted octanol–water partition coefficient (Wildman–Crippen LogP) is 0.842. The number of anilines is 1. The van der Waals surface area contributed by atoms with Crippen LogP contribution in [0.15, 0.2) is 18.2 Å². The van der Waals surface area contributed by atoms with E-state index in [1.54, 1.807) is 38.2 Å². The fourth-order valence-electron chi connectivity index (χ4n) is 1.22. The van der Waals surface area contributed by atoms with Gasteiger partial charge < -0.3 is 15.0 Å². The lowest BCUT2D eigenvalue weighted by molar-refractivity contribution is 0.0739. The molecule has 1 aromatic rings. The highest BCUT2D eigenvalue weighted by Crippen LogP contribution is 2.05. The van der Waals surface area contributed by atoms with Gasteiger partial charge in [-0.3, -0.25) is 4.79 Å². The van der Waals surface area contributed by atoms with Crippen LogP contribution in [0.25, 0.3) is 0 Å². The second-order valence-electron chi connectivity index (χ2n) is 3.38. The summed E-state index contributed by atoms with van der Waals surface area (Å²) in [5.41, 5.74) is 0.436. The Morgan fingerprint density at radius 3 is 2.94 bits per heavy atom. The fourth-order valence-corrected chi connectivity index (χ4v) is 1.22. The predicted molar refractivity (Wildman–Crippen MR) is 62.6 cm³/mol. The molecule has 0 fully saturated rings. The zero-order valence-electron chi connectivity index (χ0n) is 9.86. The summed E-state index contributed by atoms with van der Waals surface area (Å²) < 4.78 is 4.92. The fraction of sp³-hybridized carbons (Fsp3) is 0.455. The molecule has 0 aliphatic carbocycles. The molecule has 0 aliphatic rings. The number of nitrogens with one attached hydrogen (secondary N) is 1. The molecule has 1 aromatic heterocycles. The van der Waals surface area contributed by atoms with E-state index < -0.39 is 0 Å². The third-order valence-electron chi connectivity index (χ3n) is 2.20. The van der Waals surface area contributed by atoms with Gasteiger partial charge in [-0.1, -0.05) is 6.07 Å². The summed E-state index contributed by atoms with van der Waals surface area (Å²) in [6.07, 6.45) is 0. The number of nitrogens with zero attached hydrogens (tertiary/aromatic N) is 2. The SMILES string of the molecule is CNc1cccc(C(=O)N(C)CCOC)n1. The Labute approximate surface area is 95.4 Å². The normalized spacial score (nSPS) is 9.94. The van der Waals surface area contributed by atoms with Gasteiger partial charge in [-0.15, -0.1) is 0 Å². The Bertz CT molecular complexity index is 355. The van der Waals surface area contributed by atoms with Crippen molar-refractivity contribution in [3.05, 3.63) is 23.9 Å². The third kappa shape index (κ3) is 3.20. The summed E-state index contributed by atoms with van der Waals surface area (Å²) in [7, 11) is 5.11. The number of ether oxygens (including phenoxy) is 1. The number of methoxy groups -OCH3 is 1. The summed E-state index contributed by atoms with van der Waals surface area (Å²) in [4.78, 5) is 17.7. The topological polar surface area (TPSA) is 54.5 Å². The maximum Gasteiger partial charge on any atom is 0.272 e. The molecule has 0 spiro atoms. The van der Waals surface area contributed by atoms with E-state index in [1.807, 2.05) is 6.07 Å². The number of likely N-dealkylation sites (N-methyl/N-ethyl adjacent to an activating group) is 1. The van der Waals surface area contributed by atoms with Gasteiger partial charge in [-0.25, -0.2) is 4.98 Å². The van der Waals surface area contributed by atoms with Gasteiger partial charge in [0.05, 0.1) is 6.61 Å². The monoisotopic (exact) mass is 223 g/mol. The lowest BCUT2D eigenvalue weighted by Gasteiger charge is -2.16. The molecular formula is C11H17N3O2. The van der Waals surface area contributed by atoms with Crippen LogP contribution in [0.2, 0.25) is 0 Å². The average Bonchev–Trinajstić information content (AvgIpc) is 2.35. The molecule has 0 atom stereocenters. The Balaban J connectivity index is 2.71. The first-order chi connectivity index (χ1) is 7.69. The highest BCUT2D eigenvalue weighted by molar-refractivity contribution is 5.92. The van der Waals surface area contributed by atoms with Crippen molar-refractivity contribution in [2.45, 2.75) is 0 Å². The van der Waals surface area contributed by atoms with Crippen LogP contribution < -0.4 is 5.32 Å². The Morgan fingerprint density at radius 2 is 2.31 bits per heavy atom. The molecular weight excluding hydrogens is 206 g/mol. The van der Waals surface area contributed by atoms with Crippen molar-refractivity contribution in [2.75, 3.05) is 39.7 Å². The number of aromatic nitrogens is 1. The number of pyridine rings is 1. The van der Waals surface area contributed by atoms with Crippen LogP contribution in [0, 0.1) is 0 Å². The maximum atomic E-state index is 11.9. The molecule has 5 nitrogen and oxygen atoms in total. The van der Waals surface area contributed by atoms with Crippen LogP contribution >= 0.6 is 0 Å². The second-order valence-corrected chi connectivity index (χ2v) is 3.38. The van der Waals surface area contributed by atoms with Gasteiger partial charge in [0.25, 0.3) is 5.91 Å². The van der Waals surface area contributed by atoms with Gasteiger partial charge in [-0.2, -0.15) is 0 Å².